The van der Waals surface area contributed by atoms with Gasteiger partial charge in [0.05, 0.1) is 12.7 Å². The lowest BCUT2D eigenvalue weighted by atomic mass is 9.87. The number of rotatable bonds is 5. The van der Waals surface area contributed by atoms with E-state index in [2.05, 4.69) is 41.7 Å². The van der Waals surface area contributed by atoms with Crippen molar-refractivity contribution in [3.8, 4) is 0 Å². The molecule has 3 amide bonds. The third kappa shape index (κ3) is 6.54. The highest BCUT2D eigenvalue weighted by Gasteiger charge is 2.15. The van der Waals surface area contributed by atoms with Gasteiger partial charge in [0, 0.05) is 22.4 Å². The molecule has 0 bridgehead atoms. The molecule has 0 saturated heterocycles. The Hall–Kier alpha value is -4.46. The van der Waals surface area contributed by atoms with E-state index in [1.165, 1.54) is 43.5 Å². The van der Waals surface area contributed by atoms with Crippen molar-refractivity contribution in [2.45, 2.75) is 26.2 Å². The van der Waals surface area contributed by atoms with Crippen molar-refractivity contribution in [3.63, 3.8) is 0 Å². The Morgan fingerprint density at radius 2 is 1.17 bits per heavy atom. The fourth-order valence-electron chi connectivity index (χ4n) is 3.19. The normalized spacial score (nSPS) is 10.7. The van der Waals surface area contributed by atoms with Crippen molar-refractivity contribution in [2.24, 2.45) is 0 Å². The standard InChI is InChI=1S/C27H27N3O5/c1-27(2,3)21-12-8-17(9-13-21)23(31)28-22-14-10-18(11-15-22)24(32)29-30-25(33)19-6-5-7-20(16-19)26(34)35-4/h5-16H,1-4H3,(H,28,31)(H,29,32)(H,30,33). The van der Waals surface area contributed by atoms with Crippen LogP contribution in [0.2, 0.25) is 0 Å². The molecule has 0 aliphatic heterocycles. The molecule has 3 aromatic rings. The average molecular weight is 474 g/mol. The summed E-state index contributed by atoms with van der Waals surface area (Å²) in [6.45, 7) is 6.31. The second-order valence-corrected chi connectivity index (χ2v) is 8.84. The first-order valence-corrected chi connectivity index (χ1v) is 10.9. The van der Waals surface area contributed by atoms with Crippen LogP contribution in [0.3, 0.4) is 0 Å². The van der Waals surface area contributed by atoms with E-state index in [4.69, 9.17) is 0 Å². The molecule has 35 heavy (non-hydrogen) atoms. The van der Waals surface area contributed by atoms with Gasteiger partial charge in [-0.3, -0.25) is 25.2 Å². The number of benzene rings is 3. The molecule has 0 aliphatic carbocycles. The molecule has 180 valence electrons. The highest BCUT2D eigenvalue weighted by atomic mass is 16.5. The zero-order valence-electron chi connectivity index (χ0n) is 20.0. The molecule has 0 fully saturated rings. The smallest absolute Gasteiger partial charge is 0.337 e. The van der Waals surface area contributed by atoms with E-state index in [-0.39, 0.29) is 28.0 Å². The minimum Gasteiger partial charge on any atom is -0.465 e. The molecule has 0 unspecified atom stereocenters. The van der Waals surface area contributed by atoms with Crippen LogP contribution in [0.5, 0.6) is 0 Å². The van der Waals surface area contributed by atoms with Crippen LogP contribution < -0.4 is 16.2 Å². The predicted molar refractivity (Wildman–Crippen MR) is 132 cm³/mol. The number of anilines is 1. The summed E-state index contributed by atoms with van der Waals surface area (Å²) < 4.78 is 4.64. The first kappa shape index (κ1) is 25.2. The van der Waals surface area contributed by atoms with Crippen LogP contribution in [-0.4, -0.2) is 30.8 Å². The van der Waals surface area contributed by atoms with Gasteiger partial charge in [-0.2, -0.15) is 0 Å². The number of hydrogen-bond acceptors (Lipinski definition) is 5. The fraction of sp³-hybridized carbons (Fsp3) is 0.185. The minimum absolute atomic E-state index is 0.00201. The second kappa shape index (κ2) is 10.6. The van der Waals surface area contributed by atoms with E-state index in [0.717, 1.165) is 5.56 Å². The minimum atomic E-state index is -0.592. The zero-order valence-corrected chi connectivity index (χ0v) is 20.0. The third-order valence-corrected chi connectivity index (χ3v) is 5.25. The van der Waals surface area contributed by atoms with E-state index < -0.39 is 17.8 Å². The topological polar surface area (TPSA) is 114 Å². The van der Waals surface area contributed by atoms with Gasteiger partial charge in [0.2, 0.25) is 0 Å². The molecule has 0 aromatic heterocycles. The number of methoxy groups -OCH3 is 1. The molecule has 0 spiro atoms. The van der Waals surface area contributed by atoms with Crippen molar-refractivity contribution < 1.29 is 23.9 Å². The van der Waals surface area contributed by atoms with Gasteiger partial charge in [-0.25, -0.2) is 4.79 Å². The monoisotopic (exact) mass is 473 g/mol. The Morgan fingerprint density at radius 1 is 0.657 bits per heavy atom. The summed E-state index contributed by atoms with van der Waals surface area (Å²) in [6.07, 6.45) is 0. The fourth-order valence-corrected chi connectivity index (χ4v) is 3.19. The van der Waals surface area contributed by atoms with Gasteiger partial charge >= 0.3 is 5.97 Å². The van der Waals surface area contributed by atoms with Crippen molar-refractivity contribution in [1.29, 1.82) is 0 Å². The highest BCUT2D eigenvalue weighted by Crippen LogP contribution is 2.22. The Balaban J connectivity index is 1.56. The molecule has 3 rings (SSSR count). The summed E-state index contributed by atoms with van der Waals surface area (Å²) >= 11 is 0. The van der Waals surface area contributed by atoms with Crippen molar-refractivity contribution in [2.75, 3.05) is 12.4 Å². The average Bonchev–Trinajstić information content (AvgIpc) is 2.86. The number of carbonyl (C=O) groups is 4. The molecule has 0 radical (unpaired) electrons. The van der Waals surface area contributed by atoms with Crippen LogP contribution >= 0.6 is 0 Å². The quantitative estimate of drug-likeness (QED) is 0.381. The number of nitrogens with one attached hydrogen (secondary N) is 3. The van der Waals surface area contributed by atoms with Crippen LogP contribution in [0.15, 0.2) is 72.8 Å². The summed E-state index contributed by atoms with van der Waals surface area (Å²) in [5, 5.41) is 2.80. The molecule has 0 heterocycles. The summed E-state index contributed by atoms with van der Waals surface area (Å²) in [7, 11) is 1.25. The lowest BCUT2D eigenvalue weighted by Crippen LogP contribution is -2.41. The first-order chi connectivity index (χ1) is 16.6. The molecule has 8 heteroatoms. The van der Waals surface area contributed by atoms with E-state index in [1.807, 2.05) is 12.1 Å². The predicted octanol–water partition coefficient (Wildman–Crippen LogP) is 4.10. The van der Waals surface area contributed by atoms with Gasteiger partial charge < -0.3 is 10.1 Å². The SMILES string of the molecule is COC(=O)c1cccc(C(=O)NNC(=O)c2ccc(NC(=O)c3ccc(C(C)(C)C)cc3)cc2)c1. The molecule has 0 atom stereocenters. The van der Waals surface area contributed by atoms with E-state index >= 15 is 0 Å². The molecule has 0 aliphatic rings. The lowest BCUT2D eigenvalue weighted by molar-refractivity contribution is 0.0600. The van der Waals surface area contributed by atoms with Gasteiger partial charge in [-0.05, 0) is 65.6 Å². The van der Waals surface area contributed by atoms with E-state index in [1.54, 1.807) is 24.3 Å². The Labute approximate surface area is 203 Å². The van der Waals surface area contributed by atoms with Crippen LogP contribution in [0.4, 0.5) is 5.69 Å². The summed E-state index contributed by atoms with van der Waals surface area (Å²) in [5.41, 5.74) is 7.48. The maximum absolute atomic E-state index is 12.5. The number of esters is 1. The molecule has 0 saturated carbocycles. The van der Waals surface area contributed by atoms with Crippen LogP contribution in [0.1, 0.15) is 67.8 Å². The number of carbonyl (C=O) groups excluding carboxylic acids is 4. The maximum Gasteiger partial charge on any atom is 0.337 e. The molecule has 3 aromatic carbocycles. The van der Waals surface area contributed by atoms with Crippen LogP contribution in [0.25, 0.3) is 0 Å². The Kier molecular flexibility index (Phi) is 7.66. The van der Waals surface area contributed by atoms with Crippen molar-refractivity contribution >= 4 is 29.4 Å². The summed E-state index contributed by atoms with van der Waals surface area (Å²) in [5.74, 6) is -1.97. The first-order valence-electron chi connectivity index (χ1n) is 10.9. The van der Waals surface area contributed by atoms with Crippen LogP contribution in [0, 0.1) is 0 Å². The van der Waals surface area contributed by atoms with E-state index in [9.17, 15) is 19.2 Å². The van der Waals surface area contributed by atoms with Gasteiger partial charge in [0.25, 0.3) is 17.7 Å². The second-order valence-electron chi connectivity index (χ2n) is 8.84. The Morgan fingerprint density at radius 3 is 1.74 bits per heavy atom. The molecular weight excluding hydrogens is 446 g/mol. The van der Waals surface area contributed by atoms with Gasteiger partial charge in [-0.15, -0.1) is 0 Å². The highest BCUT2D eigenvalue weighted by molar-refractivity contribution is 6.05. The van der Waals surface area contributed by atoms with Gasteiger partial charge in [0.15, 0.2) is 0 Å². The summed E-state index contributed by atoms with van der Waals surface area (Å²) in [4.78, 5) is 48.8. The molecule has 3 N–H and O–H groups in total. The van der Waals surface area contributed by atoms with Crippen LogP contribution in [-0.2, 0) is 10.2 Å². The van der Waals surface area contributed by atoms with Gasteiger partial charge in [-0.1, -0.05) is 39.0 Å². The van der Waals surface area contributed by atoms with E-state index in [0.29, 0.717) is 11.3 Å². The van der Waals surface area contributed by atoms with Crippen molar-refractivity contribution in [1.82, 2.24) is 10.9 Å². The number of hydrogen-bond donors (Lipinski definition) is 3. The number of hydrazine groups is 1. The van der Waals surface area contributed by atoms with Crippen molar-refractivity contribution in [3.05, 3.63) is 101 Å². The maximum atomic E-state index is 12.5. The summed E-state index contributed by atoms with van der Waals surface area (Å²) in [6, 6.07) is 19.6. The third-order valence-electron chi connectivity index (χ3n) is 5.25. The Bertz CT molecular complexity index is 1240. The van der Waals surface area contributed by atoms with Gasteiger partial charge in [0.1, 0.15) is 0 Å². The molecular formula is C27H27N3O5. The number of amides is 3. The zero-order chi connectivity index (χ0) is 25.6. The molecule has 8 nitrogen and oxygen atoms in total. The number of ether oxygens (including phenoxy) is 1. The largest absolute Gasteiger partial charge is 0.465 e. The lowest BCUT2D eigenvalue weighted by Gasteiger charge is -2.19.